The molecule has 1 amide bonds. The first-order valence-electron chi connectivity index (χ1n) is 3.41. The maximum Gasteiger partial charge on any atom is 0.235 e. The van der Waals surface area contributed by atoms with Gasteiger partial charge in [-0.05, 0) is 6.92 Å². The highest BCUT2D eigenvalue weighted by molar-refractivity contribution is 7.92. The Kier molecular flexibility index (Phi) is 2.18. The van der Waals surface area contributed by atoms with E-state index in [9.17, 15) is 18.0 Å². The molecule has 1 heterocycles. The van der Waals surface area contributed by atoms with Crippen LogP contribution in [0.4, 0.5) is 0 Å². The third kappa shape index (κ3) is 2.04. The molecule has 1 fully saturated rings. The van der Waals surface area contributed by atoms with E-state index in [4.69, 9.17) is 0 Å². The quantitative estimate of drug-likeness (QED) is 0.546. The number of hydrogen-bond acceptors (Lipinski definition) is 4. The second-order valence-electron chi connectivity index (χ2n) is 2.79. The van der Waals surface area contributed by atoms with Gasteiger partial charge in [-0.1, -0.05) is 0 Å². The highest BCUT2D eigenvalue weighted by atomic mass is 32.2. The Hall–Kier alpha value is -0.910. The van der Waals surface area contributed by atoms with Crippen LogP contribution in [-0.4, -0.2) is 37.7 Å². The van der Waals surface area contributed by atoms with Crippen molar-refractivity contribution in [1.29, 1.82) is 0 Å². The smallest absolute Gasteiger partial charge is 0.235 e. The standard InChI is InChI=1S/C6H9NO4S/c1-4(8)5-2-12(10,11)3-6(9)7-5/h5H,2-3H2,1H3,(H,7,9). The Morgan fingerprint density at radius 2 is 2.17 bits per heavy atom. The molecular formula is C6H9NO4S. The fraction of sp³-hybridized carbons (Fsp3) is 0.667. The van der Waals surface area contributed by atoms with Crippen molar-refractivity contribution in [1.82, 2.24) is 5.32 Å². The first kappa shape index (κ1) is 9.18. The molecule has 68 valence electrons. The highest BCUT2D eigenvalue weighted by Crippen LogP contribution is 2.02. The number of carbonyl (C=O) groups is 2. The summed E-state index contributed by atoms with van der Waals surface area (Å²) in [6.45, 7) is 1.26. The molecule has 0 saturated carbocycles. The third-order valence-corrected chi connectivity index (χ3v) is 3.14. The molecule has 12 heavy (non-hydrogen) atoms. The first-order chi connectivity index (χ1) is 5.41. The van der Waals surface area contributed by atoms with Gasteiger partial charge in [0, 0.05) is 0 Å². The van der Waals surface area contributed by atoms with E-state index in [-0.39, 0.29) is 11.5 Å². The molecule has 0 aromatic heterocycles. The van der Waals surface area contributed by atoms with Crippen molar-refractivity contribution >= 4 is 21.5 Å². The largest absolute Gasteiger partial charge is 0.344 e. The summed E-state index contributed by atoms with van der Waals surface area (Å²) in [4.78, 5) is 21.5. The monoisotopic (exact) mass is 191 g/mol. The zero-order valence-electron chi connectivity index (χ0n) is 6.53. The van der Waals surface area contributed by atoms with Gasteiger partial charge in [-0.2, -0.15) is 0 Å². The minimum atomic E-state index is -3.36. The van der Waals surface area contributed by atoms with Crippen LogP contribution in [-0.2, 0) is 19.4 Å². The van der Waals surface area contributed by atoms with Crippen LogP contribution in [0.2, 0.25) is 0 Å². The van der Waals surface area contributed by atoms with E-state index in [2.05, 4.69) is 5.32 Å². The van der Waals surface area contributed by atoms with Gasteiger partial charge in [-0.25, -0.2) is 8.42 Å². The SMILES string of the molecule is CC(=O)C1CS(=O)(=O)CC(=O)N1. The average Bonchev–Trinajstić information content (AvgIpc) is 1.82. The summed E-state index contributed by atoms with van der Waals surface area (Å²) in [5.41, 5.74) is 0. The van der Waals surface area contributed by atoms with E-state index in [1.165, 1.54) is 6.92 Å². The van der Waals surface area contributed by atoms with Gasteiger partial charge in [0.15, 0.2) is 15.6 Å². The zero-order valence-corrected chi connectivity index (χ0v) is 7.35. The van der Waals surface area contributed by atoms with Crippen LogP contribution < -0.4 is 5.32 Å². The van der Waals surface area contributed by atoms with Gasteiger partial charge in [0.2, 0.25) is 5.91 Å². The van der Waals surface area contributed by atoms with E-state index in [0.29, 0.717) is 0 Å². The molecule has 1 rings (SSSR count). The molecule has 0 aromatic carbocycles. The van der Waals surface area contributed by atoms with Crippen molar-refractivity contribution in [3.8, 4) is 0 Å². The highest BCUT2D eigenvalue weighted by Gasteiger charge is 2.31. The van der Waals surface area contributed by atoms with Crippen molar-refractivity contribution in [3.05, 3.63) is 0 Å². The molecule has 0 aliphatic carbocycles. The van der Waals surface area contributed by atoms with Crippen LogP contribution in [0.3, 0.4) is 0 Å². The molecule has 1 N–H and O–H groups in total. The molecule has 1 aliphatic rings. The molecule has 0 spiro atoms. The number of carbonyl (C=O) groups excluding carboxylic acids is 2. The van der Waals surface area contributed by atoms with Crippen LogP contribution in [0.25, 0.3) is 0 Å². The molecule has 6 heteroatoms. The number of rotatable bonds is 1. The van der Waals surface area contributed by atoms with Crippen LogP contribution in [0.5, 0.6) is 0 Å². The first-order valence-corrected chi connectivity index (χ1v) is 5.23. The predicted octanol–water partition coefficient (Wildman–Crippen LogP) is -1.51. The van der Waals surface area contributed by atoms with E-state index in [0.717, 1.165) is 0 Å². The van der Waals surface area contributed by atoms with Crippen molar-refractivity contribution in [2.24, 2.45) is 0 Å². The summed E-state index contributed by atoms with van der Waals surface area (Å²) in [6.07, 6.45) is 0. The Balaban J connectivity index is 2.85. The molecule has 5 nitrogen and oxygen atoms in total. The number of hydrogen-bond donors (Lipinski definition) is 1. The summed E-state index contributed by atoms with van der Waals surface area (Å²) in [5.74, 6) is -1.70. The van der Waals surface area contributed by atoms with Gasteiger partial charge in [-0.15, -0.1) is 0 Å². The van der Waals surface area contributed by atoms with Gasteiger partial charge in [0.05, 0.1) is 5.75 Å². The Bertz CT molecular complexity index is 318. The molecule has 0 aromatic rings. The maximum absolute atomic E-state index is 11.0. The summed E-state index contributed by atoms with van der Waals surface area (Å²) in [6, 6.07) is -0.851. The molecule has 1 atom stereocenters. The van der Waals surface area contributed by atoms with Gasteiger partial charge in [0.25, 0.3) is 0 Å². The Morgan fingerprint density at radius 3 is 2.58 bits per heavy atom. The molecule has 1 aliphatic heterocycles. The van der Waals surface area contributed by atoms with Crippen molar-refractivity contribution in [3.63, 3.8) is 0 Å². The number of sulfone groups is 1. The van der Waals surface area contributed by atoms with Crippen LogP contribution in [0.15, 0.2) is 0 Å². The van der Waals surface area contributed by atoms with Crippen LogP contribution in [0, 0.1) is 0 Å². The summed E-state index contributed by atoms with van der Waals surface area (Å²) < 4.78 is 21.9. The Morgan fingerprint density at radius 1 is 1.58 bits per heavy atom. The molecule has 0 bridgehead atoms. The summed E-state index contributed by atoms with van der Waals surface area (Å²) in [5, 5.41) is 2.30. The fourth-order valence-electron chi connectivity index (χ4n) is 1.01. The topological polar surface area (TPSA) is 80.3 Å². The number of Topliss-reactive ketones (excluding diaryl/α,β-unsaturated/α-hetero) is 1. The number of nitrogens with one attached hydrogen (secondary N) is 1. The second-order valence-corrected chi connectivity index (χ2v) is 4.89. The van der Waals surface area contributed by atoms with E-state index < -0.39 is 27.5 Å². The van der Waals surface area contributed by atoms with E-state index in [1.54, 1.807) is 0 Å². The van der Waals surface area contributed by atoms with Crippen molar-refractivity contribution in [2.75, 3.05) is 11.5 Å². The summed E-state index contributed by atoms with van der Waals surface area (Å²) >= 11 is 0. The lowest BCUT2D eigenvalue weighted by molar-refractivity contribution is -0.125. The zero-order chi connectivity index (χ0) is 9.35. The van der Waals surface area contributed by atoms with E-state index >= 15 is 0 Å². The number of amides is 1. The van der Waals surface area contributed by atoms with Crippen molar-refractivity contribution in [2.45, 2.75) is 13.0 Å². The lowest BCUT2D eigenvalue weighted by Crippen LogP contribution is -2.52. The molecular weight excluding hydrogens is 182 g/mol. The lowest BCUT2D eigenvalue weighted by atomic mass is 10.2. The normalized spacial score (nSPS) is 27.8. The van der Waals surface area contributed by atoms with Gasteiger partial charge < -0.3 is 5.32 Å². The fourth-order valence-corrected chi connectivity index (χ4v) is 2.44. The lowest BCUT2D eigenvalue weighted by Gasteiger charge is -2.20. The van der Waals surface area contributed by atoms with Gasteiger partial charge >= 0.3 is 0 Å². The third-order valence-electron chi connectivity index (χ3n) is 1.60. The predicted molar refractivity (Wildman–Crippen MR) is 41.3 cm³/mol. The average molecular weight is 191 g/mol. The minimum Gasteiger partial charge on any atom is -0.344 e. The summed E-state index contributed by atoms with van der Waals surface area (Å²) in [7, 11) is -3.36. The van der Waals surface area contributed by atoms with E-state index in [1.807, 2.05) is 0 Å². The van der Waals surface area contributed by atoms with Crippen molar-refractivity contribution < 1.29 is 18.0 Å². The number of ketones is 1. The van der Waals surface area contributed by atoms with Gasteiger partial charge in [-0.3, -0.25) is 9.59 Å². The van der Waals surface area contributed by atoms with Crippen LogP contribution in [0.1, 0.15) is 6.92 Å². The van der Waals surface area contributed by atoms with Crippen LogP contribution >= 0.6 is 0 Å². The molecule has 0 radical (unpaired) electrons. The minimum absolute atomic E-state index is 0.270. The molecule has 1 unspecified atom stereocenters. The van der Waals surface area contributed by atoms with Gasteiger partial charge in [0.1, 0.15) is 11.8 Å². The Labute approximate surface area is 70.1 Å². The molecule has 1 saturated heterocycles. The maximum atomic E-state index is 11.0. The second kappa shape index (κ2) is 2.85.